The summed E-state index contributed by atoms with van der Waals surface area (Å²) >= 11 is 0. The predicted octanol–water partition coefficient (Wildman–Crippen LogP) is 0.575. The predicted molar refractivity (Wildman–Crippen MR) is 63.2 cm³/mol. The van der Waals surface area contributed by atoms with Crippen LogP contribution in [0.5, 0.6) is 5.75 Å². The van der Waals surface area contributed by atoms with Crippen molar-refractivity contribution in [2.75, 3.05) is 0 Å². The van der Waals surface area contributed by atoms with Crippen LogP contribution < -0.4 is 15.8 Å². The number of carbonyl (C=O) groups excluding carboxylic acids is 2. The molecule has 2 amide bonds. The van der Waals surface area contributed by atoms with Gasteiger partial charge in [0, 0.05) is 6.54 Å². The molecule has 0 fully saturated rings. The first-order valence-electron chi connectivity index (χ1n) is 5.32. The van der Waals surface area contributed by atoms with E-state index in [4.69, 9.17) is 10.5 Å². The third kappa shape index (κ3) is 4.55. The number of carbonyl (C=O) groups is 2. The summed E-state index contributed by atoms with van der Waals surface area (Å²) in [5.41, 5.74) is 5.68. The molecule has 17 heavy (non-hydrogen) atoms. The van der Waals surface area contributed by atoms with Crippen molar-refractivity contribution in [1.29, 1.82) is 0 Å². The van der Waals surface area contributed by atoms with Gasteiger partial charge in [0.25, 0.3) is 0 Å². The lowest BCUT2D eigenvalue weighted by Crippen LogP contribution is -2.35. The van der Waals surface area contributed by atoms with Crippen molar-refractivity contribution in [2.45, 2.75) is 26.5 Å². The molecule has 1 aromatic rings. The zero-order valence-corrected chi connectivity index (χ0v) is 9.90. The molecule has 1 aromatic carbocycles. The molecule has 3 N–H and O–H groups in total. The van der Waals surface area contributed by atoms with Crippen molar-refractivity contribution in [3.63, 3.8) is 0 Å². The first-order chi connectivity index (χ1) is 7.99. The minimum Gasteiger partial charge on any atom is -0.491 e. The molecule has 5 heteroatoms. The molecule has 0 atom stereocenters. The maximum absolute atomic E-state index is 10.9. The Labute approximate surface area is 99.9 Å². The maximum atomic E-state index is 10.9. The van der Waals surface area contributed by atoms with Crippen LogP contribution in [-0.4, -0.2) is 17.9 Å². The largest absolute Gasteiger partial charge is 0.491 e. The fourth-order valence-corrected chi connectivity index (χ4v) is 1.23. The van der Waals surface area contributed by atoms with Gasteiger partial charge in [0.05, 0.1) is 6.10 Å². The lowest BCUT2D eigenvalue weighted by atomic mass is 10.2. The Balaban J connectivity index is 2.51. The number of primary amides is 1. The Hall–Kier alpha value is -2.04. The van der Waals surface area contributed by atoms with Gasteiger partial charge in [-0.3, -0.25) is 9.59 Å². The van der Waals surface area contributed by atoms with Crippen molar-refractivity contribution < 1.29 is 14.3 Å². The molecule has 5 nitrogen and oxygen atoms in total. The van der Waals surface area contributed by atoms with E-state index in [1.165, 1.54) is 0 Å². The lowest BCUT2D eigenvalue weighted by Gasteiger charge is -2.10. The zero-order valence-electron chi connectivity index (χ0n) is 9.90. The topological polar surface area (TPSA) is 81.4 Å². The fraction of sp³-hybridized carbons (Fsp3) is 0.333. The molecule has 0 saturated carbocycles. The minimum atomic E-state index is -0.982. The lowest BCUT2D eigenvalue weighted by molar-refractivity contribution is -0.137. The molecule has 0 aliphatic rings. The summed E-state index contributed by atoms with van der Waals surface area (Å²) in [6.07, 6.45) is 0.121. The van der Waals surface area contributed by atoms with E-state index >= 15 is 0 Å². The molecular weight excluding hydrogens is 220 g/mol. The van der Waals surface area contributed by atoms with Crippen molar-refractivity contribution in [3.8, 4) is 5.75 Å². The Morgan fingerprint density at radius 2 is 1.88 bits per heavy atom. The molecule has 0 aromatic heterocycles. The van der Waals surface area contributed by atoms with E-state index in [1.54, 1.807) is 0 Å². The third-order valence-electron chi connectivity index (χ3n) is 1.97. The Kier molecular flexibility index (Phi) is 4.51. The van der Waals surface area contributed by atoms with Gasteiger partial charge in [-0.05, 0) is 31.5 Å². The highest BCUT2D eigenvalue weighted by atomic mass is 16.5. The fourth-order valence-electron chi connectivity index (χ4n) is 1.23. The summed E-state index contributed by atoms with van der Waals surface area (Å²) in [5.74, 6) is -0.998. The van der Waals surface area contributed by atoms with Crippen LogP contribution in [0.2, 0.25) is 0 Å². The summed E-state index contributed by atoms with van der Waals surface area (Å²) in [5, 5.41) is 2.40. The van der Waals surface area contributed by atoms with Crippen molar-refractivity contribution in [3.05, 3.63) is 29.8 Å². The number of ether oxygens (including phenoxy) is 1. The van der Waals surface area contributed by atoms with E-state index in [0.717, 1.165) is 11.3 Å². The number of rotatable bonds is 4. The number of nitrogens with one attached hydrogen (secondary N) is 1. The number of hydrogen-bond acceptors (Lipinski definition) is 3. The maximum Gasteiger partial charge on any atom is 0.309 e. The third-order valence-corrected chi connectivity index (χ3v) is 1.97. The number of hydrogen-bond donors (Lipinski definition) is 2. The molecule has 0 saturated heterocycles. The quantitative estimate of drug-likeness (QED) is 0.750. The van der Waals surface area contributed by atoms with Crippen LogP contribution in [0.1, 0.15) is 19.4 Å². The molecule has 0 aliphatic heterocycles. The van der Waals surface area contributed by atoms with Crippen molar-refractivity contribution in [1.82, 2.24) is 5.32 Å². The molecule has 1 rings (SSSR count). The van der Waals surface area contributed by atoms with Crippen molar-refractivity contribution in [2.24, 2.45) is 5.73 Å². The Bertz CT molecular complexity index is 399. The van der Waals surface area contributed by atoms with E-state index in [-0.39, 0.29) is 12.6 Å². The molecular formula is C12H16N2O3. The van der Waals surface area contributed by atoms with Gasteiger partial charge in [-0.25, -0.2) is 0 Å². The summed E-state index contributed by atoms with van der Waals surface area (Å²) in [4.78, 5) is 21.4. The van der Waals surface area contributed by atoms with Gasteiger partial charge in [-0.1, -0.05) is 12.1 Å². The summed E-state index contributed by atoms with van der Waals surface area (Å²) in [6, 6.07) is 7.26. The van der Waals surface area contributed by atoms with Gasteiger partial charge >= 0.3 is 11.8 Å². The molecule has 0 spiro atoms. The Morgan fingerprint density at radius 1 is 1.29 bits per heavy atom. The average Bonchev–Trinajstić information content (AvgIpc) is 2.26. The summed E-state index contributed by atoms with van der Waals surface area (Å²) < 4.78 is 5.47. The molecule has 92 valence electrons. The van der Waals surface area contributed by atoms with E-state index in [9.17, 15) is 9.59 Å². The average molecular weight is 236 g/mol. The van der Waals surface area contributed by atoms with Crippen LogP contribution in [0.25, 0.3) is 0 Å². The van der Waals surface area contributed by atoms with Gasteiger partial charge in [0.1, 0.15) is 5.75 Å². The van der Waals surface area contributed by atoms with Gasteiger partial charge in [0.15, 0.2) is 0 Å². The normalized spacial score (nSPS) is 10.1. The molecule has 0 heterocycles. The monoisotopic (exact) mass is 236 g/mol. The van der Waals surface area contributed by atoms with E-state index in [1.807, 2.05) is 38.1 Å². The van der Waals surface area contributed by atoms with Gasteiger partial charge in [-0.15, -0.1) is 0 Å². The SMILES string of the molecule is CC(C)Oc1ccc(CNC(=O)C(N)=O)cc1. The second kappa shape index (κ2) is 5.89. The van der Waals surface area contributed by atoms with Gasteiger partial charge in [-0.2, -0.15) is 0 Å². The highest BCUT2D eigenvalue weighted by Gasteiger charge is 2.07. The standard InChI is InChI=1S/C12H16N2O3/c1-8(2)17-10-5-3-9(4-6-10)7-14-12(16)11(13)15/h3-6,8H,7H2,1-2H3,(H2,13,15)(H,14,16). The number of nitrogens with two attached hydrogens (primary N) is 1. The zero-order chi connectivity index (χ0) is 12.8. The van der Waals surface area contributed by atoms with E-state index in [0.29, 0.717) is 0 Å². The smallest absolute Gasteiger partial charge is 0.309 e. The van der Waals surface area contributed by atoms with Gasteiger partial charge in [0.2, 0.25) is 0 Å². The van der Waals surface area contributed by atoms with Crippen LogP contribution in [-0.2, 0) is 16.1 Å². The summed E-state index contributed by atoms with van der Waals surface area (Å²) in [6.45, 7) is 4.16. The second-order valence-corrected chi connectivity index (χ2v) is 3.86. The van der Waals surface area contributed by atoms with Gasteiger partial charge < -0.3 is 15.8 Å². The summed E-state index contributed by atoms with van der Waals surface area (Å²) in [7, 11) is 0. The Morgan fingerprint density at radius 3 is 2.35 bits per heavy atom. The van der Waals surface area contributed by atoms with Crippen LogP contribution in [0, 0.1) is 0 Å². The molecule has 0 unspecified atom stereocenters. The molecule has 0 radical (unpaired) electrons. The van der Waals surface area contributed by atoms with E-state index in [2.05, 4.69) is 5.32 Å². The van der Waals surface area contributed by atoms with Crippen LogP contribution in [0.4, 0.5) is 0 Å². The molecule has 0 bridgehead atoms. The van der Waals surface area contributed by atoms with Crippen molar-refractivity contribution >= 4 is 11.8 Å². The number of benzene rings is 1. The number of amides is 2. The highest BCUT2D eigenvalue weighted by Crippen LogP contribution is 2.13. The van der Waals surface area contributed by atoms with Crippen LogP contribution in [0.3, 0.4) is 0 Å². The highest BCUT2D eigenvalue weighted by molar-refractivity contribution is 6.34. The van der Waals surface area contributed by atoms with Crippen LogP contribution >= 0.6 is 0 Å². The second-order valence-electron chi connectivity index (χ2n) is 3.86. The first-order valence-corrected chi connectivity index (χ1v) is 5.32. The van der Waals surface area contributed by atoms with E-state index < -0.39 is 11.8 Å². The molecule has 0 aliphatic carbocycles. The van der Waals surface area contributed by atoms with Crippen LogP contribution in [0.15, 0.2) is 24.3 Å². The minimum absolute atomic E-state index is 0.121. The first kappa shape index (κ1) is 13.0.